The molecule has 0 radical (unpaired) electrons. The molecule has 0 unspecified atom stereocenters. The van der Waals surface area contributed by atoms with Crippen molar-refractivity contribution in [2.45, 2.75) is 62.6 Å². The largest absolute Gasteiger partial charge is 0.509 e. The first-order valence-electron chi connectivity index (χ1n) is 19.0. The summed E-state index contributed by atoms with van der Waals surface area (Å²) in [5.74, 6) is -6.07. The smallest absolute Gasteiger partial charge is 0.433 e. The molecule has 0 atom stereocenters. The van der Waals surface area contributed by atoms with Crippen molar-refractivity contribution in [3.05, 3.63) is 82.5 Å². The maximum absolute atomic E-state index is 15.7. The number of amides is 2. The zero-order chi connectivity index (χ0) is 42.3. The van der Waals surface area contributed by atoms with Gasteiger partial charge in [-0.05, 0) is 75.5 Å². The van der Waals surface area contributed by atoms with Crippen molar-refractivity contribution in [3.63, 3.8) is 0 Å². The summed E-state index contributed by atoms with van der Waals surface area (Å²) in [6, 6.07) is 5.16. The number of ether oxygens (including phenoxy) is 2. The molecule has 3 fully saturated rings. The van der Waals surface area contributed by atoms with E-state index < -0.39 is 87.4 Å². The Morgan fingerprint density at radius 1 is 0.966 bits per heavy atom. The van der Waals surface area contributed by atoms with Crippen LogP contribution in [0.1, 0.15) is 48.9 Å². The number of hydrogen-bond donors (Lipinski definition) is 2. The number of aliphatic hydroxyl groups is 1. The minimum atomic E-state index is -4.99. The molecule has 20 heteroatoms. The van der Waals surface area contributed by atoms with Crippen molar-refractivity contribution >= 4 is 17.5 Å². The van der Waals surface area contributed by atoms with Crippen molar-refractivity contribution in [1.29, 1.82) is 0 Å². The maximum Gasteiger partial charge on any atom is 0.433 e. The molecule has 3 aromatic rings. The Kier molecular flexibility index (Phi) is 11.9. The Balaban J connectivity index is 1.07. The lowest BCUT2D eigenvalue weighted by Gasteiger charge is -2.54. The number of rotatable bonds is 10. The number of benzene rings is 2. The number of alkyl halides is 6. The molecule has 2 aromatic carbocycles. The lowest BCUT2D eigenvalue weighted by atomic mass is 9.72. The number of carbonyl (C=O) groups is 2. The number of hydrogen-bond acceptors (Lipinski definition) is 10. The third-order valence-corrected chi connectivity index (χ3v) is 11.6. The van der Waals surface area contributed by atoms with E-state index >= 15 is 8.78 Å². The van der Waals surface area contributed by atoms with Gasteiger partial charge in [0.15, 0.2) is 11.6 Å². The lowest BCUT2D eigenvalue weighted by Crippen LogP contribution is -2.65. The summed E-state index contributed by atoms with van der Waals surface area (Å²) in [6.45, 7) is 4.92. The highest BCUT2D eigenvalue weighted by atomic mass is 19.4. The van der Waals surface area contributed by atoms with Gasteiger partial charge in [0.1, 0.15) is 30.0 Å². The quantitative estimate of drug-likeness (QED) is 0.180. The van der Waals surface area contributed by atoms with Gasteiger partial charge < -0.3 is 19.9 Å². The third kappa shape index (κ3) is 8.58. The van der Waals surface area contributed by atoms with E-state index in [0.29, 0.717) is 43.5 Å². The van der Waals surface area contributed by atoms with Crippen molar-refractivity contribution < 1.29 is 59.3 Å². The molecule has 59 heavy (non-hydrogen) atoms. The summed E-state index contributed by atoms with van der Waals surface area (Å²) in [4.78, 5) is 39.4. The van der Waals surface area contributed by atoms with E-state index in [0.717, 1.165) is 63.3 Å². The number of likely N-dealkylation sites (N-methyl/N-ethyl adjacent to an activating group) is 1. The summed E-state index contributed by atoms with van der Waals surface area (Å²) >= 11 is 0. The van der Waals surface area contributed by atoms with Gasteiger partial charge in [-0.3, -0.25) is 24.4 Å². The third-order valence-electron chi connectivity index (χ3n) is 11.6. The van der Waals surface area contributed by atoms with Crippen LogP contribution in [-0.2, 0) is 33.2 Å². The van der Waals surface area contributed by atoms with E-state index in [2.05, 4.69) is 25.1 Å². The number of morpholine rings is 1. The van der Waals surface area contributed by atoms with Crippen LogP contribution in [0.3, 0.4) is 0 Å². The molecule has 3 aliphatic heterocycles. The Labute approximate surface area is 333 Å². The van der Waals surface area contributed by atoms with Gasteiger partial charge in [0, 0.05) is 43.9 Å². The zero-order valence-electron chi connectivity index (χ0n) is 31.8. The standard InChI is InChI=1S/C39H41F8N7O5/c1-51-37(9-2-10-37)34(55)31(35(56)50-27-5-4-24(38(42,43)44)19-26(27)28-20-30(39(45,46)47)49-22-48-28)36(57)54(51)21-23-3-6-29(33(41)32(23)40)59-18-13-52-11-7-25(8-12-52)53-14-16-58-17-15-53/h3-6,19-20,22,25,55H,2,7-18,21H2,1H3,(H,50,56). The molecule has 1 spiro atoms. The number of carbonyl (C=O) groups excluding carboxylic acids is 2. The highest BCUT2D eigenvalue weighted by molar-refractivity contribution is 6.24. The number of anilines is 1. The second kappa shape index (κ2) is 16.6. The van der Waals surface area contributed by atoms with E-state index in [4.69, 9.17) is 9.47 Å². The van der Waals surface area contributed by atoms with Crippen molar-refractivity contribution in [3.8, 4) is 17.0 Å². The first-order chi connectivity index (χ1) is 28.0. The first kappa shape index (κ1) is 42.2. The summed E-state index contributed by atoms with van der Waals surface area (Å²) in [7, 11) is 1.43. The molecule has 1 saturated carbocycles. The molecule has 4 heterocycles. The van der Waals surface area contributed by atoms with Gasteiger partial charge in [0.25, 0.3) is 11.8 Å². The summed E-state index contributed by atoms with van der Waals surface area (Å²) in [5.41, 5.74) is -6.90. The van der Waals surface area contributed by atoms with E-state index in [9.17, 15) is 41.0 Å². The van der Waals surface area contributed by atoms with Crippen LogP contribution in [0.25, 0.3) is 11.3 Å². The molecule has 2 amide bonds. The Bertz CT molecular complexity index is 2100. The highest BCUT2D eigenvalue weighted by Crippen LogP contribution is 2.47. The highest BCUT2D eigenvalue weighted by Gasteiger charge is 2.55. The van der Waals surface area contributed by atoms with Crippen LogP contribution in [0, 0.1) is 11.6 Å². The molecular formula is C39H41F8N7O5. The molecule has 7 rings (SSSR count). The lowest BCUT2D eigenvalue weighted by molar-refractivity contribution is -0.172. The van der Waals surface area contributed by atoms with Crippen LogP contribution >= 0.6 is 0 Å². The van der Waals surface area contributed by atoms with Crippen molar-refractivity contribution in [2.75, 3.05) is 64.9 Å². The predicted octanol–water partition coefficient (Wildman–Crippen LogP) is 6.20. The zero-order valence-corrected chi connectivity index (χ0v) is 31.8. The van der Waals surface area contributed by atoms with Gasteiger partial charge in [-0.2, -0.15) is 30.7 Å². The Hall–Kier alpha value is -4.92. The molecule has 1 aliphatic carbocycles. The van der Waals surface area contributed by atoms with Crippen molar-refractivity contribution in [1.82, 2.24) is 29.8 Å². The van der Waals surface area contributed by atoms with E-state index in [-0.39, 0.29) is 30.8 Å². The molecule has 2 saturated heterocycles. The second-order valence-electron chi connectivity index (χ2n) is 14.9. The number of halogens is 8. The fourth-order valence-electron chi connectivity index (χ4n) is 8.03. The van der Waals surface area contributed by atoms with Crippen LogP contribution < -0.4 is 10.1 Å². The molecule has 4 aliphatic rings. The van der Waals surface area contributed by atoms with Gasteiger partial charge in [-0.1, -0.05) is 6.07 Å². The number of hydrazine groups is 1. The minimum absolute atomic E-state index is 0.0949. The Morgan fingerprint density at radius 3 is 2.32 bits per heavy atom. The first-order valence-corrected chi connectivity index (χ1v) is 19.0. The molecule has 0 bridgehead atoms. The van der Waals surface area contributed by atoms with Gasteiger partial charge in [0.05, 0.1) is 42.2 Å². The van der Waals surface area contributed by atoms with Crippen LogP contribution in [0.5, 0.6) is 5.75 Å². The van der Waals surface area contributed by atoms with E-state index in [1.165, 1.54) is 24.2 Å². The number of likely N-dealkylation sites (tertiary alicyclic amines) is 1. The number of piperidine rings is 1. The molecule has 1 aromatic heterocycles. The maximum atomic E-state index is 15.7. The Morgan fingerprint density at radius 2 is 1.68 bits per heavy atom. The summed E-state index contributed by atoms with van der Waals surface area (Å²) in [5, 5.41) is 16.0. The average molecular weight is 840 g/mol. The average Bonchev–Trinajstić information content (AvgIpc) is 3.18. The number of nitrogens with one attached hydrogen (secondary N) is 1. The SMILES string of the molecule is CN1N(Cc2ccc(OCCN3CCC(N4CCOCC4)CC3)c(F)c2F)C(=O)C(C(=O)Nc2ccc(C(F)(F)F)cc2-c2cc(C(F)(F)F)ncn2)=C(O)C12CCC2. The van der Waals surface area contributed by atoms with Gasteiger partial charge in [-0.15, -0.1) is 0 Å². The van der Waals surface area contributed by atoms with E-state index in [1.54, 1.807) is 0 Å². The summed E-state index contributed by atoms with van der Waals surface area (Å²) < 4.78 is 124. The fourth-order valence-corrected chi connectivity index (χ4v) is 8.03. The molecule has 12 nitrogen and oxygen atoms in total. The molecular weight excluding hydrogens is 798 g/mol. The normalized spacial score (nSPS) is 19.9. The summed E-state index contributed by atoms with van der Waals surface area (Å²) in [6.07, 6.45) is -6.47. The van der Waals surface area contributed by atoms with Gasteiger partial charge in [0.2, 0.25) is 5.82 Å². The number of aromatic nitrogens is 2. The van der Waals surface area contributed by atoms with E-state index in [1.807, 2.05) is 0 Å². The van der Waals surface area contributed by atoms with Crippen LogP contribution in [0.4, 0.5) is 40.8 Å². The topological polar surface area (TPSA) is 124 Å². The van der Waals surface area contributed by atoms with Crippen LogP contribution in [-0.4, -0.2) is 118 Å². The van der Waals surface area contributed by atoms with Crippen molar-refractivity contribution in [2.24, 2.45) is 0 Å². The van der Waals surface area contributed by atoms with Gasteiger partial charge in [-0.25, -0.2) is 19.4 Å². The fraction of sp³-hybridized carbons (Fsp3) is 0.487. The number of aliphatic hydroxyl groups excluding tert-OH is 1. The minimum Gasteiger partial charge on any atom is -0.509 e. The predicted molar refractivity (Wildman–Crippen MR) is 194 cm³/mol. The monoisotopic (exact) mass is 839 g/mol. The van der Waals surface area contributed by atoms with Crippen LogP contribution in [0.2, 0.25) is 0 Å². The molecule has 2 N–H and O–H groups in total. The second-order valence-corrected chi connectivity index (χ2v) is 14.9. The van der Waals surface area contributed by atoms with Gasteiger partial charge >= 0.3 is 12.4 Å². The van der Waals surface area contributed by atoms with Crippen LogP contribution in [0.15, 0.2) is 54.1 Å². The number of nitrogens with zero attached hydrogens (tertiary/aromatic N) is 6. The molecule has 318 valence electrons.